The molecule has 3 nitrogen and oxygen atoms in total. The van der Waals surface area contributed by atoms with Crippen molar-refractivity contribution < 1.29 is 9.53 Å². The van der Waals surface area contributed by atoms with Gasteiger partial charge >= 0.3 is 0 Å². The fourth-order valence-corrected chi connectivity index (χ4v) is 1.66. The van der Waals surface area contributed by atoms with Crippen molar-refractivity contribution in [1.82, 2.24) is 5.32 Å². The third kappa shape index (κ3) is 5.54. The zero-order chi connectivity index (χ0) is 13.4. The van der Waals surface area contributed by atoms with E-state index in [-0.39, 0.29) is 5.91 Å². The maximum atomic E-state index is 11.9. The van der Waals surface area contributed by atoms with Crippen molar-refractivity contribution in [2.24, 2.45) is 0 Å². The Bertz CT molecular complexity index is 380. The predicted octanol–water partition coefficient (Wildman–Crippen LogP) is 3.38. The van der Waals surface area contributed by atoms with Gasteiger partial charge in [-0.1, -0.05) is 35.8 Å². The smallest absolute Gasteiger partial charge is 0.251 e. The number of hydrogen-bond acceptors (Lipinski definition) is 2. The van der Waals surface area contributed by atoms with E-state index in [1.54, 1.807) is 12.1 Å². The van der Waals surface area contributed by atoms with Gasteiger partial charge in [-0.25, -0.2) is 0 Å². The highest BCUT2D eigenvalue weighted by Gasteiger charge is 2.06. The minimum absolute atomic E-state index is 0.0508. The van der Waals surface area contributed by atoms with Crippen molar-refractivity contribution in [3.63, 3.8) is 0 Å². The first-order chi connectivity index (χ1) is 8.63. The highest BCUT2D eigenvalue weighted by molar-refractivity contribution is 9.09. The maximum Gasteiger partial charge on any atom is 0.251 e. The Morgan fingerprint density at radius 2 is 2.28 bits per heavy atom. The highest BCUT2D eigenvalue weighted by Crippen LogP contribution is 2.13. The summed E-state index contributed by atoms with van der Waals surface area (Å²) < 4.78 is 5.50. The molecule has 0 aromatic heterocycles. The second-order valence-electron chi connectivity index (χ2n) is 4.20. The SMILES string of the molecule is CCCOc1cccc(C(=O)NCCC(C)Br)c1. The number of carbonyl (C=O) groups excluding carboxylic acids is 1. The average molecular weight is 314 g/mol. The number of alkyl halides is 1. The van der Waals surface area contributed by atoms with Crippen molar-refractivity contribution in [3.8, 4) is 5.75 Å². The molecule has 0 aliphatic rings. The van der Waals surface area contributed by atoms with E-state index in [4.69, 9.17) is 4.74 Å². The van der Waals surface area contributed by atoms with Crippen LogP contribution in [0.15, 0.2) is 24.3 Å². The molecular weight excluding hydrogens is 294 g/mol. The minimum Gasteiger partial charge on any atom is -0.494 e. The Morgan fingerprint density at radius 3 is 2.94 bits per heavy atom. The molecule has 4 heteroatoms. The van der Waals surface area contributed by atoms with Crippen LogP contribution in [0.4, 0.5) is 0 Å². The molecule has 0 bridgehead atoms. The Labute approximate surface area is 117 Å². The van der Waals surface area contributed by atoms with E-state index in [2.05, 4.69) is 35.1 Å². The van der Waals surface area contributed by atoms with E-state index < -0.39 is 0 Å². The van der Waals surface area contributed by atoms with Crippen LogP contribution >= 0.6 is 15.9 Å². The lowest BCUT2D eigenvalue weighted by molar-refractivity contribution is 0.0953. The fourth-order valence-electron chi connectivity index (χ4n) is 1.43. The molecule has 1 atom stereocenters. The maximum absolute atomic E-state index is 11.9. The lowest BCUT2D eigenvalue weighted by Crippen LogP contribution is -2.25. The van der Waals surface area contributed by atoms with Crippen molar-refractivity contribution in [2.45, 2.75) is 31.5 Å². The second kappa shape index (κ2) is 8.14. The normalized spacial score (nSPS) is 11.9. The van der Waals surface area contributed by atoms with Gasteiger partial charge in [0.1, 0.15) is 5.75 Å². The third-order valence-electron chi connectivity index (χ3n) is 2.40. The Balaban J connectivity index is 2.51. The summed E-state index contributed by atoms with van der Waals surface area (Å²) in [7, 11) is 0. The average Bonchev–Trinajstić information content (AvgIpc) is 2.36. The molecule has 0 aliphatic carbocycles. The van der Waals surface area contributed by atoms with Crippen molar-refractivity contribution in [1.29, 1.82) is 0 Å². The van der Waals surface area contributed by atoms with Crippen LogP contribution in [0.25, 0.3) is 0 Å². The van der Waals surface area contributed by atoms with Crippen LogP contribution in [0.5, 0.6) is 5.75 Å². The number of ether oxygens (including phenoxy) is 1. The van der Waals surface area contributed by atoms with Gasteiger partial charge in [0.15, 0.2) is 0 Å². The fraction of sp³-hybridized carbons (Fsp3) is 0.500. The largest absolute Gasteiger partial charge is 0.494 e. The molecule has 0 radical (unpaired) electrons. The first kappa shape index (κ1) is 15.0. The van der Waals surface area contributed by atoms with E-state index in [9.17, 15) is 4.79 Å². The van der Waals surface area contributed by atoms with Gasteiger partial charge in [-0.2, -0.15) is 0 Å². The lowest BCUT2D eigenvalue weighted by Gasteiger charge is -2.08. The van der Waals surface area contributed by atoms with Crippen LogP contribution in [0.2, 0.25) is 0 Å². The van der Waals surface area contributed by atoms with Crippen LogP contribution in [0, 0.1) is 0 Å². The van der Waals surface area contributed by atoms with Crippen LogP contribution in [0.1, 0.15) is 37.0 Å². The van der Waals surface area contributed by atoms with Gasteiger partial charge in [0.25, 0.3) is 5.91 Å². The van der Waals surface area contributed by atoms with E-state index in [0.29, 0.717) is 23.5 Å². The summed E-state index contributed by atoms with van der Waals surface area (Å²) in [6.45, 7) is 5.46. The molecule has 1 amide bonds. The summed E-state index contributed by atoms with van der Waals surface area (Å²) in [5, 5.41) is 2.89. The number of carbonyl (C=O) groups is 1. The molecule has 0 saturated carbocycles. The first-order valence-electron chi connectivity index (χ1n) is 6.28. The molecule has 18 heavy (non-hydrogen) atoms. The molecule has 0 aliphatic heterocycles. The molecule has 1 aromatic carbocycles. The van der Waals surface area contributed by atoms with Gasteiger partial charge in [-0.05, 0) is 31.0 Å². The summed E-state index contributed by atoms with van der Waals surface area (Å²) in [5.74, 6) is 0.698. The molecule has 0 saturated heterocycles. The number of halogens is 1. The molecule has 1 unspecified atom stereocenters. The van der Waals surface area contributed by atoms with Crippen LogP contribution < -0.4 is 10.1 Å². The zero-order valence-corrected chi connectivity index (χ0v) is 12.5. The Hall–Kier alpha value is -1.03. The zero-order valence-electron chi connectivity index (χ0n) is 10.9. The van der Waals surface area contributed by atoms with Gasteiger partial charge in [-0.3, -0.25) is 4.79 Å². The first-order valence-corrected chi connectivity index (χ1v) is 7.20. The van der Waals surface area contributed by atoms with Gasteiger partial charge < -0.3 is 10.1 Å². The Kier molecular flexibility index (Phi) is 6.80. The molecule has 1 N–H and O–H groups in total. The van der Waals surface area contributed by atoms with Crippen LogP contribution in [-0.2, 0) is 0 Å². The monoisotopic (exact) mass is 313 g/mol. The van der Waals surface area contributed by atoms with Gasteiger partial charge in [0, 0.05) is 16.9 Å². The molecule has 100 valence electrons. The van der Waals surface area contributed by atoms with Gasteiger partial charge in [0.05, 0.1) is 6.61 Å². The van der Waals surface area contributed by atoms with E-state index >= 15 is 0 Å². The number of rotatable bonds is 7. The highest BCUT2D eigenvalue weighted by atomic mass is 79.9. The number of nitrogens with one attached hydrogen (secondary N) is 1. The Morgan fingerprint density at radius 1 is 1.50 bits per heavy atom. The van der Waals surface area contributed by atoms with Crippen LogP contribution in [-0.4, -0.2) is 23.9 Å². The molecule has 0 spiro atoms. The molecule has 0 fully saturated rings. The summed E-state index contributed by atoms with van der Waals surface area (Å²) in [5.41, 5.74) is 0.644. The minimum atomic E-state index is -0.0508. The van der Waals surface area contributed by atoms with Gasteiger partial charge in [-0.15, -0.1) is 0 Å². The van der Waals surface area contributed by atoms with Crippen molar-refractivity contribution in [3.05, 3.63) is 29.8 Å². The number of hydrogen-bond donors (Lipinski definition) is 1. The second-order valence-corrected chi connectivity index (χ2v) is 5.76. The van der Waals surface area contributed by atoms with Gasteiger partial charge in [0.2, 0.25) is 0 Å². The van der Waals surface area contributed by atoms with Crippen molar-refractivity contribution in [2.75, 3.05) is 13.2 Å². The standard InChI is InChI=1S/C14H20BrNO2/c1-3-9-18-13-6-4-5-12(10-13)14(17)16-8-7-11(2)15/h4-6,10-11H,3,7-9H2,1-2H3,(H,16,17). The van der Waals surface area contributed by atoms with Crippen molar-refractivity contribution >= 4 is 21.8 Å². The van der Waals surface area contributed by atoms with E-state index in [1.807, 2.05) is 12.1 Å². The lowest BCUT2D eigenvalue weighted by atomic mass is 10.2. The summed E-state index contributed by atoms with van der Waals surface area (Å²) >= 11 is 3.45. The molecule has 1 aromatic rings. The summed E-state index contributed by atoms with van der Waals surface area (Å²) in [6, 6.07) is 7.29. The van der Waals surface area contributed by atoms with E-state index in [1.165, 1.54) is 0 Å². The third-order valence-corrected chi connectivity index (χ3v) is 2.85. The molecular formula is C14H20BrNO2. The molecule has 1 rings (SSSR count). The molecule has 0 heterocycles. The van der Waals surface area contributed by atoms with E-state index in [0.717, 1.165) is 18.6 Å². The number of benzene rings is 1. The van der Waals surface area contributed by atoms with Crippen LogP contribution in [0.3, 0.4) is 0 Å². The summed E-state index contributed by atoms with van der Waals surface area (Å²) in [4.78, 5) is 12.3. The number of amides is 1. The topological polar surface area (TPSA) is 38.3 Å². The summed E-state index contributed by atoms with van der Waals surface area (Å²) in [6.07, 6.45) is 1.87. The predicted molar refractivity (Wildman–Crippen MR) is 77.6 cm³/mol. The quantitative estimate of drug-likeness (QED) is 0.784.